The molecule has 1 aromatic heterocycles. The highest BCUT2D eigenvalue weighted by Crippen LogP contribution is 2.27. The molecule has 1 N–H and O–H groups in total. The molecular weight excluding hydrogens is 362 g/mol. The molecule has 0 saturated heterocycles. The summed E-state index contributed by atoms with van der Waals surface area (Å²) in [4.78, 5) is 11.9. The zero-order chi connectivity index (χ0) is 19.4. The number of amides is 1. The molecule has 6 nitrogen and oxygen atoms in total. The van der Waals surface area contributed by atoms with E-state index in [2.05, 4.69) is 39.8 Å². The maximum Gasteiger partial charge on any atom is 0.408 e. The van der Waals surface area contributed by atoms with Crippen LogP contribution in [0, 0.1) is 0 Å². The van der Waals surface area contributed by atoms with Crippen LogP contribution in [0.1, 0.15) is 45.2 Å². The molecule has 0 unspecified atom stereocenters. The van der Waals surface area contributed by atoms with E-state index in [1.165, 1.54) is 28.1 Å². The van der Waals surface area contributed by atoms with Crippen molar-refractivity contribution < 1.29 is 13.9 Å². The SMILES string of the molecule is C[C@H](NC(=O)OC(C)(C)C)c1nnc(SCc2cccc3ccccc23)o1. The van der Waals surface area contributed by atoms with Gasteiger partial charge in [-0.15, -0.1) is 10.2 Å². The van der Waals surface area contributed by atoms with Crippen LogP contribution in [0.2, 0.25) is 0 Å². The number of rotatable bonds is 5. The number of hydrogen-bond acceptors (Lipinski definition) is 6. The molecule has 2 aromatic carbocycles. The molecule has 0 radical (unpaired) electrons. The van der Waals surface area contributed by atoms with Crippen molar-refractivity contribution in [2.24, 2.45) is 0 Å². The van der Waals surface area contributed by atoms with Gasteiger partial charge in [0.05, 0.1) is 0 Å². The van der Waals surface area contributed by atoms with Gasteiger partial charge in [-0.2, -0.15) is 0 Å². The third kappa shape index (κ3) is 5.23. The number of nitrogens with zero attached hydrogens (tertiary/aromatic N) is 2. The minimum atomic E-state index is -0.557. The first-order valence-electron chi connectivity index (χ1n) is 8.74. The molecule has 1 amide bonds. The smallest absolute Gasteiger partial charge is 0.408 e. The Hall–Kier alpha value is -2.54. The van der Waals surface area contributed by atoms with Crippen LogP contribution in [0.4, 0.5) is 4.79 Å². The van der Waals surface area contributed by atoms with E-state index < -0.39 is 17.7 Å². The Morgan fingerprint density at radius 2 is 1.93 bits per heavy atom. The number of alkyl carbamates (subject to hydrolysis) is 1. The van der Waals surface area contributed by atoms with Crippen molar-refractivity contribution in [1.29, 1.82) is 0 Å². The molecule has 0 aliphatic carbocycles. The van der Waals surface area contributed by atoms with Gasteiger partial charge in [0.2, 0.25) is 5.89 Å². The fourth-order valence-corrected chi connectivity index (χ4v) is 3.33. The summed E-state index contributed by atoms with van der Waals surface area (Å²) < 4.78 is 10.9. The standard InChI is InChI=1S/C20H23N3O3S/c1-13(21-18(24)26-20(2,3)4)17-22-23-19(25-17)27-12-15-10-7-9-14-8-5-6-11-16(14)15/h5-11,13H,12H2,1-4H3,(H,21,24)/t13-/m0/s1. The quantitative estimate of drug-likeness (QED) is 0.616. The fourth-order valence-electron chi connectivity index (χ4n) is 2.56. The number of carbonyl (C=O) groups excluding carboxylic acids is 1. The Bertz CT molecular complexity index is 928. The number of fused-ring (bicyclic) bond motifs is 1. The predicted octanol–water partition coefficient (Wildman–Crippen LogP) is 5.10. The van der Waals surface area contributed by atoms with Gasteiger partial charge in [-0.3, -0.25) is 0 Å². The summed E-state index contributed by atoms with van der Waals surface area (Å²) in [6.45, 7) is 7.21. The third-order valence-corrected chi connectivity index (χ3v) is 4.62. The van der Waals surface area contributed by atoms with Crippen molar-refractivity contribution in [2.45, 2.75) is 50.3 Å². The summed E-state index contributed by atoms with van der Waals surface area (Å²) in [6.07, 6.45) is -0.516. The minimum Gasteiger partial charge on any atom is -0.444 e. The molecule has 0 saturated carbocycles. The molecule has 142 valence electrons. The maximum atomic E-state index is 11.9. The van der Waals surface area contributed by atoms with E-state index in [-0.39, 0.29) is 0 Å². The zero-order valence-electron chi connectivity index (χ0n) is 15.9. The van der Waals surface area contributed by atoms with Gasteiger partial charge in [-0.05, 0) is 44.0 Å². The van der Waals surface area contributed by atoms with Gasteiger partial charge in [0.1, 0.15) is 11.6 Å². The van der Waals surface area contributed by atoms with Gasteiger partial charge in [0.25, 0.3) is 5.22 Å². The van der Waals surface area contributed by atoms with Gasteiger partial charge < -0.3 is 14.5 Å². The lowest BCUT2D eigenvalue weighted by atomic mass is 10.1. The average Bonchev–Trinajstić information content (AvgIpc) is 3.07. The highest BCUT2D eigenvalue weighted by atomic mass is 32.2. The summed E-state index contributed by atoms with van der Waals surface area (Å²) in [6, 6.07) is 14.1. The Morgan fingerprint density at radius 1 is 1.19 bits per heavy atom. The van der Waals surface area contributed by atoms with Crippen molar-refractivity contribution >= 4 is 28.6 Å². The summed E-state index contributed by atoms with van der Waals surface area (Å²) >= 11 is 1.47. The van der Waals surface area contributed by atoms with Crippen molar-refractivity contribution in [3.8, 4) is 0 Å². The number of aromatic nitrogens is 2. The van der Waals surface area contributed by atoms with Crippen molar-refractivity contribution in [1.82, 2.24) is 15.5 Å². The maximum absolute atomic E-state index is 11.9. The normalized spacial score (nSPS) is 12.7. The second kappa shape index (κ2) is 8.00. The zero-order valence-corrected chi connectivity index (χ0v) is 16.7. The first-order valence-corrected chi connectivity index (χ1v) is 9.73. The molecule has 1 atom stereocenters. The molecule has 1 heterocycles. The summed E-state index contributed by atoms with van der Waals surface area (Å²) in [7, 11) is 0. The third-order valence-electron chi connectivity index (χ3n) is 3.76. The molecule has 7 heteroatoms. The van der Waals surface area contributed by atoms with Gasteiger partial charge >= 0.3 is 6.09 Å². The van der Waals surface area contributed by atoms with Crippen molar-refractivity contribution in [2.75, 3.05) is 0 Å². The van der Waals surface area contributed by atoms with E-state index in [1.807, 2.05) is 39.0 Å². The Morgan fingerprint density at radius 3 is 2.70 bits per heavy atom. The van der Waals surface area contributed by atoms with Gasteiger partial charge in [0, 0.05) is 5.75 Å². The van der Waals surface area contributed by atoms with Crippen molar-refractivity contribution in [3.05, 3.63) is 53.9 Å². The van der Waals surface area contributed by atoms with Gasteiger partial charge in [-0.25, -0.2) is 4.79 Å². The van der Waals surface area contributed by atoms with E-state index in [1.54, 1.807) is 6.92 Å². The molecule has 0 spiro atoms. The number of benzene rings is 2. The molecule has 3 aromatic rings. The molecule has 0 aliphatic rings. The van der Waals surface area contributed by atoms with Crippen LogP contribution in [0.15, 0.2) is 52.1 Å². The highest BCUT2D eigenvalue weighted by Gasteiger charge is 2.21. The van der Waals surface area contributed by atoms with E-state index >= 15 is 0 Å². The molecule has 0 aliphatic heterocycles. The van der Waals surface area contributed by atoms with Crippen LogP contribution in [-0.2, 0) is 10.5 Å². The second-order valence-corrected chi connectivity index (χ2v) is 8.13. The van der Waals surface area contributed by atoms with Crippen LogP contribution in [0.25, 0.3) is 10.8 Å². The first-order chi connectivity index (χ1) is 12.8. The fraction of sp³-hybridized carbons (Fsp3) is 0.350. The van der Waals surface area contributed by atoms with Crippen LogP contribution in [0.3, 0.4) is 0 Å². The Kier molecular flexibility index (Phi) is 5.70. The lowest BCUT2D eigenvalue weighted by Gasteiger charge is -2.20. The van der Waals surface area contributed by atoms with Crippen LogP contribution in [0.5, 0.6) is 0 Å². The van der Waals surface area contributed by atoms with E-state index in [0.717, 1.165) is 5.75 Å². The average molecular weight is 385 g/mol. The second-order valence-electron chi connectivity index (χ2n) is 7.20. The molecular formula is C20H23N3O3S. The highest BCUT2D eigenvalue weighted by molar-refractivity contribution is 7.98. The predicted molar refractivity (Wildman–Crippen MR) is 106 cm³/mol. The van der Waals surface area contributed by atoms with Gasteiger partial charge in [-0.1, -0.05) is 54.2 Å². The Balaban J connectivity index is 1.61. The monoisotopic (exact) mass is 385 g/mol. The van der Waals surface area contributed by atoms with Crippen LogP contribution >= 0.6 is 11.8 Å². The summed E-state index contributed by atoms with van der Waals surface area (Å²) in [5.74, 6) is 1.07. The van der Waals surface area contributed by atoms with Crippen LogP contribution in [-0.4, -0.2) is 21.9 Å². The topological polar surface area (TPSA) is 77.2 Å². The summed E-state index contributed by atoms with van der Waals surface area (Å²) in [5, 5.41) is 13.7. The molecule has 0 bridgehead atoms. The lowest BCUT2D eigenvalue weighted by molar-refractivity contribution is 0.0500. The number of ether oxygens (including phenoxy) is 1. The minimum absolute atomic E-state index is 0.348. The number of thioether (sulfide) groups is 1. The van der Waals surface area contributed by atoms with E-state index in [0.29, 0.717) is 11.1 Å². The van der Waals surface area contributed by atoms with Crippen molar-refractivity contribution in [3.63, 3.8) is 0 Å². The van der Waals surface area contributed by atoms with Crippen LogP contribution < -0.4 is 5.32 Å². The van der Waals surface area contributed by atoms with E-state index in [4.69, 9.17) is 9.15 Å². The molecule has 27 heavy (non-hydrogen) atoms. The number of hydrogen-bond donors (Lipinski definition) is 1. The number of carbonyl (C=O) groups is 1. The largest absolute Gasteiger partial charge is 0.444 e. The first kappa shape index (κ1) is 19.2. The lowest BCUT2D eigenvalue weighted by Crippen LogP contribution is -2.34. The summed E-state index contributed by atoms with van der Waals surface area (Å²) in [5.41, 5.74) is 0.649. The molecule has 3 rings (SSSR count). The van der Waals surface area contributed by atoms with E-state index in [9.17, 15) is 4.79 Å². The molecule has 0 fully saturated rings. The Labute approximate surface area is 162 Å². The van der Waals surface area contributed by atoms with Gasteiger partial charge in [0.15, 0.2) is 0 Å². The number of nitrogens with one attached hydrogen (secondary N) is 1.